The van der Waals surface area contributed by atoms with Gasteiger partial charge in [0.15, 0.2) is 0 Å². The van der Waals surface area contributed by atoms with Gasteiger partial charge in [0, 0.05) is 18.7 Å². The number of aromatic nitrogens is 2. The maximum Gasteiger partial charge on any atom is 0.257 e. The van der Waals surface area contributed by atoms with Crippen LogP contribution in [0.25, 0.3) is 17.3 Å². The summed E-state index contributed by atoms with van der Waals surface area (Å²) in [6, 6.07) is 16.0. The molecule has 0 atom stereocenters. The SMILES string of the molecule is CCN(CC=Cc1ccccc1)C(=O)c1cn[nH]c1-c1cccc(F)c1. The third-order valence-electron chi connectivity index (χ3n) is 4.09. The highest BCUT2D eigenvalue weighted by Crippen LogP contribution is 2.23. The Kier molecular flexibility index (Phi) is 5.59. The number of aromatic amines is 1. The van der Waals surface area contributed by atoms with Gasteiger partial charge in [0.2, 0.25) is 0 Å². The van der Waals surface area contributed by atoms with Gasteiger partial charge in [-0.1, -0.05) is 54.6 Å². The van der Waals surface area contributed by atoms with Crippen molar-refractivity contribution >= 4 is 12.0 Å². The molecular weight excluding hydrogens is 329 g/mol. The molecule has 1 heterocycles. The minimum Gasteiger partial charge on any atom is -0.335 e. The molecule has 0 unspecified atom stereocenters. The number of hydrogen-bond acceptors (Lipinski definition) is 2. The van der Waals surface area contributed by atoms with E-state index in [0.717, 1.165) is 5.56 Å². The predicted octanol–water partition coefficient (Wildman–Crippen LogP) is 4.39. The average Bonchev–Trinajstić information content (AvgIpc) is 3.15. The second-order valence-electron chi connectivity index (χ2n) is 5.83. The number of nitrogens with one attached hydrogen (secondary N) is 1. The second-order valence-corrected chi connectivity index (χ2v) is 5.83. The lowest BCUT2D eigenvalue weighted by Crippen LogP contribution is -2.31. The van der Waals surface area contributed by atoms with Crippen LogP contribution < -0.4 is 0 Å². The summed E-state index contributed by atoms with van der Waals surface area (Å²) in [5.74, 6) is -0.494. The van der Waals surface area contributed by atoms with E-state index in [4.69, 9.17) is 0 Å². The van der Waals surface area contributed by atoms with Gasteiger partial charge in [-0.05, 0) is 24.6 Å². The lowest BCUT2D eigenvalue weighted by molar-refractivity contribution is 0.0783. The van der Waals surface area contributed by atoms with Crippen LogP contribution in [0.15, 0.2) is 66.9 Å². The van der Waals surface area contributed by atoms with Gasteiger partial charge in [0.05, 0.1) is 17.5 Å². The molecule has 0 fully saturated rings. The van der Waals surface area contributed by atoms with Crippen LogP contribution in [0.5, 0.6) is 0 Å². The third kappa shape index (κ3) is 4.06. The molecule has 132 valence electrons. The number of rotatable bonds is 6. The van der Waals surface area contributed by atoms with E-state index in [1.54, 1.807) is 17.0 Å². The Morgan fingerprint density at radius 2 is 2.00 bits per heavy atom. The Bertz CT molecular complexity index is 902. The lowest BCUT2D eigenvalue weighted by Gasteiger charge is -2.19. The van der Waals surface area contributed by atoms with Crippen molar-refractivity contribution in [1.29, 1.82) is 0 Å². The third-order valence-corrected chi connectivity index (χ3v) is 4.09. The molecule has 3 rings (SSSR count). The topological polar surface area (TPSA) is 49.0 Å². The van der Waals surface area contributed by atoms with Crippen molar-refractivity contribution in [3.8, 4) is 11.3 Å². The van der Waals surface area contributed by atoms with Crippen molar-refractivity contribution in [1.82, 2.24) is 15.1 Å². The minimum atomic E-state index is -0.353. The van der Waals surface area contributed by atoms with E-state index in [0.29, 0.717) is 29.9 Å². The molecule has 0 aliphatic heterocycles. The summed E-state index contributed by atoms with van der Waals surface area (Å²) >= 11 is 0. The van der Waals surface area contributed by atoms with Gasteiger partial charge < -0.3 is 4.90 Å². The summed E-state index contributed by atoms with van der Waals surface area (Å²) in [4.78, 5) is 14.6. The first-order valence-electron chi connectivity index (χ1n) is 8.49. The number of carbonyl (C=O) groups excluding carboxylic acids is 1. The van der Waals surface area contributed by atoms with Crippen molar-refractivity contribution < 1.29 is 9.18 Å². The molecule has 0 bridgehead atoms. The first-order valence-corrected chi connectivity index (χ1v) is 8.49. The molecule has 0 saturated carbocycles. The first-order chi connectivity index (χ1) is 12.7. The predicted molar refractivity (Wildman–Crippen MR) is 101 cm³/mol. The van der Waals surface area contributed by atoms with Crippen molar-refractivity contribution in [2.75, 3.05) is 13.1 Å². The molecule has 0 spiro atoms. The molecule has 1 aromatic heterocycles. The minimum absolute atomic E-state index is 0.141. The fraction of sp³-hybridized carbons (Fsp3) is 0.143. The molecule has 4 nitrogen and oxygen atoms in total. The maximum atomic E-state index is 13.5. The maximum absolute atomic E-state index is 13.5. The van der Waals surface area contributed by atoms with Crippen LogP contribution in [-0.2, 0) is 0 Å². The lowest BCUT2D eigenvalue weighted by atomic mass is 10.1. The van der Waals surface area contributed by atoms with E-state index in [1.807, 2.05) is 49.4 Å². The smallest absolute Gasteiger partial charge is 0.257 e. The van der Waals surface area contributed by atoms with E-state index < -0.39 is 0 Å². The fourth-order valence-corrected chi connectivity index (χ4v) is 2.72. The van der Waals surface area contributed by atoms with E-state index in [9.17, 15) is 9.18 Å². The van der Waals surface area contributed by atoms with Gasteiger partial charge in [-0.25, -0.2) is 4.39 Å². The van der Waals surface area contributed by atoms with E-state index >= 15 is 0 Å². The molecule has 1 amide bonds. The summed E-state index contributed by atoms with van der Waals surface area (Å²) in [5, 5.41) is 6.79. The molecule has 0 aliphatic carbocycles. The number of nitrogens with zero attached hydrogens (tertiary/aromatic N) is 2. The number of H-pyrrole nitrogens is 1. The Hall–Kier alpha value is -3.21. The zero-order valence-corrected chi connectivity index (χ0v) is 14.5. The van der Waals surface area contributed by atoms with Crippen LogP contribution in [0.1, 0.15) is 22.8 Å². The first kappa shape index (κ1) is 17.6. The van der Waals surface area contributed by atoms with E-state index in [-0.39, 0.29) is 11.7 Å². The number of hydrogen-bond donors (Lipinski definition) is 1. The zero-order chi connectivity index (χ0) is 18.4. The molecule has 3 aromatic rings. The van der Waals surface area contributed by atoms with Gasteiger partial charge in [0.1, 0.15) is 5.82 Å². The average molecular weight is 349 g/mol. The fourth-order valence-electron chi connectivity index (χ4n) is 2.72. The zero-order valence-electron chi connectivity index (χ0n) is 14.5. The highest BCUT2D eigenvalue weighted by molar-refractivity contribution is 5.99. The number of halogens is 1. The molecule has 0 radical (unpaired) electrons. The molecule has 2 aromatic carbocycles. The Balaban J connectivity index is 1.77. The standard InChI is InChI=1S/C21H20FN3O/c1-2-25(13-7-10-16-8-4-3-5-9-16)21(26)19-15-23-24-20(19)17-11-6-12-18(22)14-17/h3-12,14-15H,2,13H2,1H3,(H,23,24). The summed E-state index contributed by atoms with van der Waals surface area (Å²) in [6.07, 6.45) is 5.43. The van der Waals surface area contributed by atoms with Gasteiger partial charge >= 0.3 is 0 Å². The Labute approximate surface area is 152 Å². The molecular formula is C21H20FN3O. The second kappa shape index (κ2) is 8.25. The van der Waals surface area contributed by atoms with Crippen LogP contribution in [0, 0.1) is 5.82 Å². The molecule has 0 aliphatic rings. The highest BCUT2D eigenvalue weighted by Gasteiger charge is 2.20. The van der Waals surface area contributed by atoms with Crippen molar-refractivity contribution in [2.24, 2.45) is 0 Å². The van der Waals surface area contributed by atoms with Crippen molar-refractivity contribution in [3.63, 3.8) is 0 Å². The van der Waals surface area contributed by atoms with Crippen LogP contribution in [0.2, 0.25) is 0 Å². The van der Waals surface area contributed by atoms with Gasteiger partial charge in [-0.3, -0.25) is 9.89 Å². The van der Waals surface area contributed by atoms with Gasteiger partial charge in [0.25, 0.3) is 5.91 Å². The van der Waals surface area contributed by atoms with Crippen molar-refractivity contribution in [3.05, 3.63) is 83.8 Å². The summed E-state index contributed by atoms with van der Waals surface area (Å²) in [7, 11) is 0. The Morgan fingerprint density at radius 1 is 1.19 bits per heavy atom. The Morgan fingerprint density at radius 3 is 2.73 bits per heavy atom. The number of carbonyl (C=O) groups is 1. The molecule has 1 N–H and O–H groups in total. The van der Waals surface area contributed by atoms with E-state index in [1.165, 1.54) is 18.3 Å². The van der Waals surface area contributed by atoms with Crippen LogP contribution in [-0.4, -0.2) is 34.1 Å². The number of amides is 1. The molecule has 5 heteroatoms. The molecule has 0 saturated heterocycles. The number of benzene rings is 2. The largest absolute Gasteiger partial charge is 0.335 e. The van der Waals surface area contributed by atoms with Crippen LogP contribution in [0.3, 0.4) is 0 Å². The number of likely N-dealkylation sites (N-methyl/N-ethyl adjacent to an activating group) is 1. The van der Waals surface area contributed by atoms with Crippen molar-refractivity contribution in [2.45, 2.75) is 6.92 Å². The summed E-state index contributed by atoms with van der Waals surface area (Å²) < 4.78 is 13.5. The summed E-state index contributed by atoms with van der Waals surface area (Å²) in [6.45, 7) is 2.97. The molecule has 26 heavy (non-hydrogen) atoms. The monoisotopic (exact) mass is 349 g/mol. The van der Waals surface area contributed by atoms with Crippen LogP contribution >= 0.6 is 0 Å². The van der Waals surface area contributed by atoms with E-state index in [2.05, 4.69) is 10.2 Å². The normalized spacial score (nSPS) is 11.0. The summed E-state index contributed by atoms with van der Waals surface area (Å²) in [5.41, 5.74) is 2.65. The van der Waals surface area contributed by atoms with Crippen LogP contribution in [0.4, 0.5) is 4.39 Å². The quantitative estimate of drug-likeness (QED) is 0.717. The highest BCUT2D eigenvalue weighted by atomic mass is 19.1. The van der Waals surface area contributed by atoms with Gasteiger partial charge in [-0.15, -0.1) is 0 Å². The van der Waals surface area contributed by atoms with Gasteiger partial charge in [-0.2, -0.15) is 5.10 Å².